The fourth-order valence-electron chi connectivity index (χ4n) is 1.47. The summed E-state index contributed by atoms with van der Waals surface area (Å²) in [6.45, 7) is 0. The largest absolute Gasteiger partial charge is 0.477 e. The molecule has 0 aliphatic rings. The molecule has 21 heavy (non-hydrogen) atoms. The lowest BCUT2D eigenvalue weighted by atomic mass is 10.3. The number of aromatic nitrogens is 2. The smallest absolute Gasteiger partial charge is 0.290 e. The molecule has 1 atom stereocenters. The Morgan fingerprint density at radius 1 is 1.24 bits per heavy atom. The van der Waals surface area contributed by atoms with Crippen LogP contribution in [0, 0.1) is 0 Å². The zero-order valence-electron chi connectivity index (χ0n) is 9.59. The predicted molar refractivity (Wildman–Crippen MR) is 81.4 cm³/mol. The van der Waals surface area contributed by atoms with Crippen LogP contribution in [0.4, 0.5) is 13.2 Å². The number of hydrogen-bond donors (Lipinski definition) is 0. The second-order valence-electron chi connectivity index (χ2n) is 3.64. The molecule has 0 saturated heterocycles. The molecule has 0 radical (unpaired) electrons. The molecule has 0 aliphatic carbocycles. The van der Waals surface area contributed by atoms with Gasteiger partial charge in [0, 0.05) is 9.50 Å². The Kier molecular flexibility index (Phi) is 5.09. The lowest BCUT2D eigenvalue weighted by Gasteiger charge is -2.10. The summed E-state index contributed by atoms with van der Waals surface area (Å²) in [7, 11) is -3.25. The van der Waals surface area contributed by atoms with Crippen LogP contribution < -0.4 is 0 Å². The first-order chi connectivity index (χ1) is 9.62. The average molecular weight is 487 g/mol. The van der Waals surface area contributed by atoms with Crippen LogP contribution in [0.15, 0.2) is 32.6 Å². The molecule has 114 valence electrons. The molecule has 1 aromatic heterocycles. The molecule has 0 spiro atoms. The maximum atomic E-state index is 12.5. The van der Waals surface area contributed by atoms with E-state index >= 15 is 0 Å². The van der Waals surface area contributed by atoms with Crippen molar-refractivity contribution < 1.29 is 17.4 Å². The van der Waals surface area contributed by atoms with Gasteiger partial charge in [-0.1, -0.05) is 23.2 Å². The lowest BCUT2D eigenvalue weighted by molar-refractivity contribution is -0.0386. The van der Waals surface area contributed by atoms with E-state index in [9.17, 15) is 17.4 Å². The van der Waals surface area contributed by atoms with Gasteiger partial charge >= 0.3 is 5.51 Å². The van der Waals surface area contributed by atoms with Crippen LogP contribution in [0.2, 0.25) is 10.0 Å². The quantitative estimate of drug-likeness (QED) is 0.575. The summed E-state index contributed by atoms with van der Waals surface area (Å²) in [5.74, 6) is 0. The highest BCUT2D eigenvalue weighted by molar-refractivity contribution is 9.11. The van der Waals surface area contributed by atoms with Crippen LogP contribution in [0.1, 0.15) is 0 Å². The normalized spacial score (nSPS) is 13.5. The van der Waals surface area contributed by atoms with E-state index in [1.807, 2.05) is 0 Å². The van der Waals surface area contributed by atoms with Gasteiger partial charge in [-0.25, -0.2) is 9.19 Å². The van der Waals surface area contributed by atoms with Gasteiger partial charge in [-0.05, 0) is 44.0 Å². The monoisotopic (exact) mass is 484 g/mol. The number of alkyl halides is 3. The summed E-state index contributed by atoms with van der Waals surface area (Å²) in [6, 6.07) is 2.95. The van der Waals surface area contributed by atoms with Crippen molar-refractivity contribution in [2.75, 3.05) is 0 Å². The van der Waals surface area contributed by atoms with Gasteiger partial charge in [-0.2, -0.15) is 13.2 Å². The molecular weight excluding hydrogens is 484 g/mol. The molecule has 0 aliphatic heterocycles. The lowest BCUT2D eigenvalue weighted by Crippen LogP contribution is -2.17. The Bertz CT molecular complexity index is 713. The Hall–Kier alpha value is -0.0900. The topological polar surface area (TPSA) is 34.9 Å². The van der Waals surface area contributed by atoms with Crippen LogP contribution in [0.25, 0.3) is 5.69 Å². The molecule has 11 heteroatoms. The fourth-order valence-corrected chi connectivity index (χ4v) is 4.38. The van der Waals surface area contributed by atoms with Gasteiger partial charge in [0.15, 0.2) is 15.8 Å². The zero-order valence-corrected chi connectivity index (χ0v) is 15.1. The van der Waals surface area contributed by atoms with Crippen molar-refractivity contribution >= 4 is 65.9 Å². The highest BCUT2D eigenvalue weighted by Gasteiger charge is 2.41. The van der Waals surface area contributed by atoms with Crippen molar-refractivity contribution in [3.63, 3.8) is 0 Å². The molecule has 0 saturated carbocycles. The van der Waals surface area contributed by atoms with Crippen molar-refractivity contribution in [1.82, 2.24) is 9.55 Å². The van der Waals surface area contributed by atoms with Crippen LogP contribution in [0.5, 0.6) is 0 Å². The first-order valence-corrected chi connectivity index (χ1v) is 8.48. The molecule has 3 nitrogen and oxygen atoms in total. The van der Waals surface area contributed by atoms with E-state index < -0.39 is 21.3 Å². The van der Waals surface area contributed by atoms with Crippen LogP contribution in [-0.4, -0.2) is 19.3 Å². The van der Waals surface area contributed by atoms with E-state index in [0.29, 0.717) is 15.2 Å². The van der Waals surface area contributed by atoms with Crippen LogP contribution >= 0.6 is 55.1 Å². The molecular formula is C10H3Br2Cl2F3N2OS. The van der Waals surface area contributed by atoms with E-state index in [4.69, 9.17) is 23.2 Å². The van der Waals surface area contributed by atoms with E-state index in [1.54, 1.807) is 0 Å². The van der Waals surface area contributed by atoms with Crippen molar-refractivity contribution in [1.29, 1.82) is 0 Å². The minimum absolute atomic E-state index is 0.108. The number of hydrogen-bond acceptors (Lipinski definition) is 2. The summed E-state index contributed by atoms with van der Waals surface area (Å²) in [5, 5.41) is -0.0943. The molecule has 0 bridgehead atoms. The number of nitrogens with zero attached hydrogens (tertiary/aromatic N) is 2. The molecule has 2 aromatic rings. The van der Waals surface area contributed by atoms with Crippen LogP contribution in [-0.2, 0) is 10.8 Å². The van der Waals surface area contributed by atoms with Crippen molar-refractivity contribution in [2.45, 2.75) is 10.5 Å². The van der Waals surface area contributed by atoms with Crippen molar-refractivity contribution in [2.24, 2.45) is 0 Å². The number of benzene rings is 1. The number of halogens is 7. The highest BCUT2D eigenvalue weighted by Crippen LogP contribution is 2.37. The first-order valence-electron chi connectivity index (χ1n) is 4.99. The van der Waals surface area contributed by atoms with Gasteiger partial charge in [0.1, 0.15) is 10.9 Å². The van der Waals surface area contributed by atoms with E-state index in [0.717, 1.165) is 6.33 Å². The molecule has 1 aromatic carbocycles. The molecule has 2 rings (SSSR count). The second kappa shape index (κ2) is 6.19. The Morgan fingerprint density at radius 2 is 1.86 bits per heavy atom. The average Bonchev–Trinajstić information content (AvgIpc) is 2.68. The Morgan fingerprint density at radius 3 is 2.38 bits per heavy atom. The predicted octanol–water partition coefficient (Wildman–Crippen LogP) is 5.33. The van der Waals surface area contributed by atoms with Gasteiger partial charge < -0.3 is 0 Å². The molecule has 0 amide bonds. The molecule has 0 fully saturated rings. The fraction of sp³-hybridized carbons (Fsp3) is 0.100. The van der Waals surface area contributed by atoms with E-state index in [-0.39, 0.29) is 9.63 Å². The zero-order chi connectivity index (χ0) is 15.9. The summed E-state index contributed by atoms with van der Waals surface area (Å²) in [6.07, 6.45) is 1.09. The second-order valence-corrected chi connectivity index (χ2v) is 7.48. The summed E-state index contributed by atoms with van der Waals surface area (Å²) >= 11 is 18.0. The summed E-state index contributed by atoms with van der Waals surface area (Å²) in [5.41, 5.74) is -4.58. The Balaban J connectivity index is 2.59. The molecule has 1 unspecified atom stereocenters. The van der Waals surface area contributed by atoms with Gasteiger partial charge in [0.25, 0.3) is 0 Å². The third-order valence-corrected chi connectivity index (χ3v) is 5.49. The standard InChI is InChI=1S/C10H3Br2Cl2F3N2OS/c11-5-1-4(13)2-6(14)7(5)19-3-18-9(8(19)12)21(20)10(15,16)17/h1-3H. The van der Waals surface area contributed by atoms with Gasteiger partial charge in [0.05, 0.1) is 10.7 Å². The highest BCUT2D eigenvalue weighted by atomic mass is 79.9. The number of imidazole rings is 1. The summed E-state index contributed by atoms with van der Waals surface area (Å²) < 4.78 is 50.5. The maximum absolute atomic E-state index is 12.5. The first kappa shape index (κ1) is 17.3. The summed E-state index contributed by atoms with van der Waals surface area (Å²) in [4.78, 5) is 3.55. The Labute approximate surface area is 146 Å². The maximum Gasteiger partial charge on any atom is 0.477 e. The molecule has 1 heterocycles. The minimum Gasteiger partial charge on any atom is -0.290 e. The van der Waals surface area contributed by atoms with E-state index in [2.05, 4.69) is 36.8 Å². The van der Waals surface area contributed by atoms with Crippen molar-refractivity contribution in [3.05, 3.63) is 37.6 Å². The third-order valence-electron chi connectivity index (χ3n) is 2.29. The van der Waals surface area contributed by atoms with E-state index in [1.165, 1.54) is 16.7 Å². The van der Waals surface area contributed by atoms with Gasteiger partial charge in [-0.3, -0.25) is 4.57 Å². The van der Waals surface area contributed by atoms with Crippen LogP contribution in [0.3, 0.4) is 0 Å². The third kappa shape index (κ3) is 3.47. The molecule has 0 N–H and O–H groups in total. The number of rotatable bonds is 2. The van der Waals surface area contributed by atoms with Crippen molar-refractivity contribution in [3.8, 4) is 5.69 Å². The minimum atomic E-state index is -4.90. The van der Waals surface area contributed by atoms with Gasteiger partial charge in [0.2, 0.25) is 0 Å². The van der Waals surface area contributed by atoms with Gasteiger partial charge in [-0.15, -0.1) is 0 Å². The SMILES string of the molecule is O=S(c1ncn(-c2c(Cl)cc(Cl)cc2Br)c1Br)C(F)(F)F.